The number of carbonyl (C=O) groups excluding carboxylic acids is 1. The zero-order chi connectivity index (χ0) is 16.7. The summed E-state index contributed by atoms with van der Waals surface area (Å²) in [6, 6.07) is 12.8. The molecule has 1 saturated heterocycles. The summed E-state index contributed by atoms with van der Waals surface area (Å²) in [7, 11) is 1.61. The fourth-order valence-corrected chi connectivity index (χ4v) is 3.16. The number of hydrogen-bond acceptors (Lipinski definition) is 4. The lowest BCUT2D eigenvalue weighted by Crippen LogP contribution is -2.24. The highest BCUT2D eigenvalue weighted by atomic mass is 35.5. The average molecular weight is 343 g/mol. The zero-order valence-corrected chi connectivity index (χ0v) is 13.8. The second-order valence-corrected chi connectivity index (χ2v) is 6.21. The molecule has 4 rings (SSSR count). The smallest absolute Gasteiger partial charge is 0.227 e. The minimum absolute atomic E-state index is 0.0496. The maximum atomic E-state index is 12.4. The normalized spacial score (nSPS) is 17.7. The van der Waals surface area contributed by atoms with Gasteiger partial charge in [-0.25, -0.2) is 4.98 Å². The summed E-state index contributed by atoms with van der Waals surface area (Å²) in [6.45, 7) is 0.534. The molecule has 2 aromatic carbocycles. The molecule has 0 N–H and O–H groups in total. The Labute approximate surface area is 143 Å². The molecule has 5 nitrogen and oxygen atoms in total. The van der Waals surface area contributed by atoms with Crippen molar-refractivity contribution in [2.75, 3.05) is 18.6 Å². The van der Waals surface area contributed by atoms with Crippen LogP contribution < -0.4 is 9.64 Å². The third kappa shape index (κ3) is 2.61. The molecule has 1 fully saturated rings. The van der Waals surface area contributed by atoms with Gasteiger partial charge in [0.05, 0.1) is 13.0 Å². The standard InChI is InChI=1S/C18H15ClN2O3/c1-23-14-4-2-3-13(9-14)21-10-11(7-17(21)22)18-20-15-8-12(19)5-6-16(15)24-18/h2-6,8-9,11H,7,10H2,1H3. The largest absolute Gasteiger partial charge is 0.497 e. The number of methoxy groups -OCH3 is 1. The molecule has 6 heteroatoms. The van der Waals surface area contributed by atoms with Gasteiger partial charge in [0.2, 0.25) is 11.8 Å². The predicted octanol–water partition coefficient (Wildman–Crippen LogP) is 4.01. The van der Waals surface area contributed by atoms with E-state index in [2.05, 4.69) is 4.98 Å². The van der Waals surface area contributed by atoms with Crippen LogP contribution in [0.3, 0.4) is 0 Å². The number of ether oxygens (including phenoxy) is 1. The number of carbonyl (C=O) groups is 1. The summed E-state index contributed by atoms with van der Waals surface area (Å²) in [6.07, 6.45) is 0.373. The Morgan fingerprint density at radius 3 is 3.00 bits per heavy atom. The van der Waals surface area contributed by atoms with E-state index in [9.17, 15) is 4.79 Å². The summed E-state index contributed by atoms with van der Waals surface area (Å²) in [4.78, 5) is 18.7. The van der Waals surface area contributed by atoms with Crippen LogP contribution in [-0.4, -0.2) is 24.5 Å². The number of anilines is 1. The highest BCUT2D eigenvalue weighted by molar-refractivity contribution is 6.31. The van der Waals surface area contributed by atoms with Crippen molar-refractivity contribution in [1.82, 2.24) is 4.98 Å². The first-order chi connectivity index (χ1) is 11.6. The SMILES string of the molecule is COc1cccc(N2CC(c3nc4cc(Cl)ccc4o3)CC2=O)c1. The van der Waals surface area contributed by atoms with Gasteiger partial charge in [0, 0.05) is 29.7 Å². The van der Waals surface area contributed by atoms with Gasteiger partial charge in [-0.1, -0.05) is 17.7 Å². The second-order valence-electron chi connectivity index (χ2n) is 5.77. The summed E-state index contributed by atoms with van der Waals surface area (Å²) in [5.41, 5.74) is 2.22. The minimum Gasteiger partial charge on any atom is -0.497 e. The molecule has 122 valence electrons. The Bertz CT molecular complexity index is 922. The van der Waals surface area contributed by atoms with Gasteiger partial charge in [0.15, 0.2) is 5.58 Å². The van der Waals surface area contributed by atoms with E-state index in [1.54, 1.807) is 30.2 Å². The predicted molar refractivity (Wildman–Crippen MR) is 91.7 cm³/mol. The zero-order valence-electron chi connectivity index (χ0n) is 13.0. The molecular formula is C18H15ClN2O3. The van der Waals surface area contributed by atoms with E-state index in [0.29, 0.717) is 35.0 Å². The third-order valence-corrected chi connectivity index (χ3v) is 4.44. The van der Waals surface area contributed by atoms with Crippen LogP contribution >= 0.6 is 11.6 Å². The molecule has 1 aromatic heterocycles. The van der Waals surface area contributed by atoms with Crippen LogP contribution in [0.5, 0.6) is 5.75 Å². The Balaban J connectivity index is 1.62. The third-order valence-electron chi connectivity index (χ3n) is 4.21. The molecule has 24 heavy (non-hydrogen) atoms. The van der Waals surface area contributed by atoms with Crippen LogP contribution in [0.2, 0.25) is 5.02 Å². The van der Waals surface area contributed by atoms with Gasteiger partial charge in [0.1, 0.15) is 11.3 Å². The van der Waals surface area contributed by atoms with E-state index in [4.69, 9.17) is 20.8 Å². The Morgan fingerprint density at radius 1 is 1.29 bits per heavy atom. The van der Waals surface area contributed by atoms with Gasteiger partial charge in [-0.05, 0) is 30.3 Å². The fourth-order valence-electron chi connectivity index (χ4n) is 2.99. The second kappa shape index (κ2) is 5.83. The number of amides is 1. The van der Waals surface area contributed by atoms with Gasteiger partial charge in [-0.2, -0.15) is 0 Å². The lowest BCUT2D eigenvalue weighted by molar-refractivity contribution is -0.117. The summed E-state index contributed by atoms with van der Waals surface area (Å²) >= 11 is 5.99. The van der Waals surface area contributed by atoms with E-state index < -0.39 is 0 Å². The maximum absolute atomic E-state index is 12.4. The van der Waals surface area contributed by atoms with Crippen LogP contribution in [-0.2, 0) is 4.79 Å². The average Bonchev–Trinajstić information content (AvgIpc) is 3.17. The van der Waals surface area contributed by atoms with Crippen LogP contribution in [0, 0.1) is 0 Å². The first kappa shape index (κ1) is 15.0. The highest BCUT2D eigenvalue weighted by Crippen LogP contribution is 2.34. The molecule has 1 aliphatic heterocycles. The van der Waals surface area contributed by atoms with Crippen molar-refractivity contribution in [1.29, 1.82) is 0 Å². The number of hydrogen-bond donors (Lipinski definition) is 0. The van der Waals surface area contributed by atoms with Crippen molar-refractivity contribution >= 4 is 34.3 Å². The molecule has 1 amide bonds. The molecule has 3 aromatic rings. The van der Waals surface area contributed by atoms with E-state index in [0.717, 1.165) is 11.4 Å². The molecule has 1 unspecified atom stereocenters. The van der Waals surface area contributed by atoms with Crippen LogP contribution in [0.1, 0.15) is 18.2 Å². The van der Waals surface area contributed by atoms with E-state index in [1.807, 2.05) is 24.3 Å². The van der Waals surface area contributed by atoms with Crippen molar-refractivity contribution in [3.8, 4) is 5.75 Å². The summed E-state index contributed by atoms with van der Waals surface area (Å²) < 4.78 is 11.0. The first-order valence-corrected chi connectivity index (χ1v) is 8.02. The van der Waals surface area contributed by atoms with Gasteiger partial charge in [0.25, 0.3) is 0 Å². The van der Waals surface area contributed by atoms with Crippen molar-refractivity contribution in [2.45, 2.75) is 12.3 Å². The molecule has 1 aliphatic rings. The quantitative estimate of drug-likeness (QED) is 0.721. The number of benzene rings is 2. The van der Waals surface area contributed by atoms with E-state index in [1.165, 1.54) is 0 Å². The first-order valence-electron chi connectivity index (χ1n) is 7.64. The molecule has 0 spiro atoms. The lowest BCUT2D eigenvalue weighted by atomic mass is 10.1. The monoisotopic (exact) mass is 342 g/mol. The van der Waals surface area contributed by atoms with Gasteiger partial charge >= 0.3 is 0 Å². The molecule has 0 aliphatic carbocycles. The topological polar surface area (TPSA) is 55.6 Å². The Hall–Kier alpha value is -2.53. The highest BCUT2D eigenvalue weighted by Gasteiger charge is 2.34. The number of rotatable bonds is 3. The molecule has 0 saturated carbocycles. The van der Waals surface area contributed by atoms with E-state index >= 15 is 0 Å². The minimum atomic E-state index is -0.0742. The van der Waals surface area contributed by atoms with Crippen molar-refractivity contribution < 1.29 is 13.9 Å². The number of fused-ring (bicyclic) bond motifs is 1. The number of oxazole rings is 1. The Kier molecular flexibility index (Phi) is 3.65. The van der Waals surface area contributed by atoms with Gasteiger partial charge < -0.3 is 14.1 Å². The summed E-state index contributed by atoms with van der Waals surface area (Å²) in [5.74, 6) is 1.27. The van der Waals surface area contributed by atoms with Crippen molar-refractivity contribution in [3.63, 3.8) is 0 Å². The van der Waals surface area contributed by atoms with Gasteiger partial charge in [-0.3, -0.25) is 4.79 Å². The van der Waals surface area contributed by atoms with E-state index in [-0.39, 0.29) is 11.8 Å². The fraction of sp³-hybridized carbons (Fsp3) is 0.222. The molecule has 2 heterocycles. The Morgan fingerprint density at radius 2 is 2.17 bits per heavy atom. The van der Waals surface area contributed by atoms with Crippen LogP contribution in [0.25, 0.3) is 11.1 Å². The van der Waals surface area contributed by atoms with Gasteiger partial charge in [-0.15, -0.1) is 0 Å². The molecule has 1 atom stereocenters. The summed E-state index contributed by atoms with van der Waals surface area (Å²) in [5, 5.41) is 0.614. The number of halogens is 1. The number of aromatic nitrogens is 1. The van der Waals surface area contributed by atoms with Crippen molar-refractivity contribution in [2.24, 2.45) is 0 Å². The molecule has 0 bridgehead atoms. The maximum Gasteiger partial charge on any atom is 0.227 e. The molecule has 0 radical (unpaired) electrons. The van der Waals surface area contributed by atoms with Crippen LogP contribution in [0.4, 0.5) is 5.69 Å². The van der Waals surface area contributed by atoms with Crippen molar-refractivity contribution in [3.05, 3.63) is 53.4 Å². The molecular weight excluding hydrogens is 328 g/mol. The lowest BCUT2D eigenvalue weighted by Gasteiger charge is -2.16. The number of nitrogens with zero attached hydrogens (tertiary/aromatic N) is 2. The van der Waals surface area contributed by atoms with Crippen LogP contribution in [0.15, 0.2) is 46.9 Å².